The van der Waals surface area contributed by atoms with Crippen molar-refractivity contribution in [3.8, 4) is 0 Å². The minimum absolute atomic E-state index is 0.0598. The Labute approximate surface area is 118 Å². The monoisotopic (exact) mass is 294 g/mol. The fraction of sp³-hybridized carbons (Fsp3) is 0.273. The quantitative estimate of drug-likeness (QED) is 0.752. The lowest BCUT2D eigenvalue weighted by molar-refractivity contribution is 0.831. The van der Waals surface area contributed by atoms with Gasteiger partial charge in [-0.05, 0) is 13.8 Å². The van der Waals surface area contributed by atoms with E-state index in [4.69, 9.17) is 11.6 Å². The van der Waals surface area contributed by atoms with Crippen LogP contribution in [-0.2, 0) is 0 Å². The highest BCUT2D eigenvalue weighted by molar-refractivity contribution is 7.11. The van der Waals surface area contributed by atoms with E-state index >= 15 is 0 Å². The first-order valence-electron chi connectivity index (χ1n) is 5.68. The topological polar surface area (TPSA) is 68.0 Å². The van der Waals surface area contributed by atoms with Crippen molar-refractivity contribution in [1.82, 2.24) is 24.6 Å². The lowest BCUT2D eigenvalue weighted by atomic mass is 10.3. The van der Waals surface area contributed by atoms with Crippen molar-refractivity contribution in [1.29, 1.82) is 0 Å². The molecule has 0 aliphatic rings. The molecule has 8 heteroatoms. The van der Waals surface area contributed by atoms with E-state index in [9.17, 15) is 0 Å². The summed E-state index contributed by atoms with van der Waals surface area (Å²) in [4.78, 5) is 13.7. The molecular formula is C11H11ClN6S. The zero-order valence-electron chi connectivity index (χ0n) is 10.3. The number of nitrogens with zero attached hydrogens (tertiary/aromatic N) is 5. The smallest absolute Gasteiger partial charge is 0.255 e. The molecule has 0 amide bonds. The molecule has 0 radical (unpaired) electrons. The van der Waals surface area contributed by atoms with Crippen molar-refractivity contribution in [3.05, 3.63) is 33.6 Å². The van der Waals surface area contributed by atoms with Crippen LogP contribution < -0.4 is 5.32 Å². The highest BCUT2D eigenvalue weighted by Gasteiger charge is 2.13. The van der Waals surface area contributed by atoms with Crippen LogP contribution in [0.2, 0.25) is 5.15 Å². The number of aromatic nitrogens is 5. The van der Waals surface area contributed by atoms with Gasteiger partial charge in [0.15, 0.2) is 0 Å². The summed E-state index contributed by atoms with van der Waals surface area (Å²) >= 11 is 7.63. The number of rotatable bonds is 3. The molecular weight excluding hydrogens is 284 g/mol. The summed E-state index contributed by atoms with van der Waals surface area (Å²) in [7, 11) is 0. The highest BCUT2D eigenvalue weighted by atomic mass is 35.5. The van der Waals surface area contributed by atoms with Gasteiger partial charge in [0.25, 0.3) is 5.78 Å². The van der Waals surface area contributed by atoms with Gasteiger partial charge in [0.2, 0.25) is 0 Å². The second-order valence-corrected chi connectivity index (χ2v) is 5.76. The standard InChI is InChI=1S/C11H11ClN6S/c1-6-4-13-10(19-6)7(2)16-9-3-8(12)17-11-14-5-15-18(9)11/h3-5,7,16H,1-2H3. The van der Waals surface area contributed by atoms with Gasteiger partial charge in [0.05, 0.1) is 6.04 Å². The molecule has 0 spiro atoms. The van der Waals surface area contributed by atoms with E-state index in [1.807, 2.05) is 20.0 Å². The minimum Gasteiger partial charge on any atom is -0.361 e. The first kappa shape index (κ1) is 12.3. The van der Waals surface area contributed by atoms with E-state index in [0.717, 1.165) is 10.8 Å². The van der Waals surface area contributed by atoms with Crippen molar-refractivity contribution >= 4 is 34.5 Å². The Morgan fingerprint density at radius 1 is 1.42 bits per heavy atom. The zero-order valence-corrected chi connectivity index (χ0v) is 11.9. The summed E-state index contributed by atoms with van der Waals surface area (Å²) in [5.74, 6) is 1.21. The second kappa shape index (κ2) is 4.75. The summed E-state index contributed by atoms with van der Waals surface area (Å²) in [6.45, 7) is 4.07. The number of thiazole rings is 1. The van der Waals surface area contributed by atoms with Gasteiger partial charge < -0.3 is 5.32 Å². The van der Waals surface area contributed by atoms with Gasteiger partial charge in [-0.3, -0.25) is 0 Å². The molecule has 1 unspecified atom stereocenters. The van der Waals surface area contributed by atoms with Crippen LogP contribution in [0, 0.1) is 6.92 Å². The summed E-state index contributed by atoms with van der Waals surface area (Å²) in [5.41, 5.74) is 0. The van der Waals surface area contributed by atoms with Crippen LogP contribution in [0.15, 0.2) is 18.6 Å². The largest absolute Gasteiger partial charge is 0.361 e. The van der Waals surface area contributed by atoms with Crippen molar-refractivity contribution in [2.24, 2.45) is 0 Å². The molecule has 1 N–H and O–H groups in total. The van der Waals surface area contributed by atoms with Crippen molar-refractivity contribution in [3.63, 3.8) is 0 Å². The third-order valence-electron chi connectivity index (χ3n) is 2.59. The molecule has 0 aromatic carbocycles. The Hall–Kier alpha value is -1.73. The predicted octanol–water partition coefficient (Wildman–Crippen LogP) is 2.72. The average molecular weight is 295 g/mol. The molecule has 6 nitrogen and oxygen atoms in total. The van der Waals surface area contributed by atoms with Gasteiger partial charge in [-0.25, -0.2) is 4.98 Å². The SMILES string of the molecule is Cc1cnc(C(C)Nc2cc(Cl)nc3ncnn23)s1. The van der Waals surface area contributed by atoms with Gasteiger partial charge in [0.1, 0.15) is 22.3 Å². The molecule has 0 saturated carbocycles. The van der Waals surface area contributed by atoms with Crippen molar-refractivity contribution in [2.45, 2.75) is 19.9 Å². The first-order chi connectivity index (χ1) is 9.13. The third-order valence-corrected chi connectivity index (χ3v) is 3.88. The summed E-state index contributed by atoms with van der Waals surface area (Å²) < 4.78 is 1.61. The molecule has 0 bridgehead atoms. The number of hydrogen-bond acceptors (Lipinski definition) is 6. The molecule has 19 heavy (non-hydrogen) atoms. The van der Waals surface area contributed by atoms with Gasteiger partial charge in [0, 0.05) is 17.1 Å². The van der Waals surface area contributed by atoms with Gasteiger partial charge >= 0.3 is 0 Å². The van der Waals surface area contributed by atoms with Gasteiger partial charge in [-0.1, -0.05) is 11.6 Å². The van der Waals surface area contributed by atoms with Crippen LogP contribution in [0.1, 0.15) is 22.9 Å². The Morgan fingerprint density at radius 2 is 2.26 bits per heavy atom. The molecule has 0 aliphatic carbocycles. The van der Waals surface area contributed by atoms with E-state index in [-0.39, 0.29) is 6.04 Å². The Bertz CT molecular complexity index is 721. The summed E-state index contributed by atoms with van der Waals surface area (Å²) in [5, 5.41) is 8.83. The molecule has 3 aromatic rings. The van der Waals surface area contributed by atoms with E-state index in [1.54, 1.807) is 21.9 Å². The number of hydrogen-bond donors (Lipinski definition) is 1. The number of fused-ring (bicyclic) bond motifs is 1. The maximum Gasteiger partial charge on any atom is 0.255 e. The third kappa shape index (κ3) is 2.39. The minimum atomic E-state index is 0.0598. The molecule has 0 fully saturated rings. The molecule has 98 valence electrons. The summed E-state index contributed by atoms with van der Waals surface area (Å²) in [6, 6.07) is 1.78. The fourth-order valence-corrected chi connectivity index (χ4v) is 2.70. The Balaban J connectivity index is 1.94. The van der Waals surface area contributed by atoms with Crippen LogP contribution in [0.3, 0.4) is 0 Å². The second-order valence-electron chi connectivity index (χ2n) is 4.11. The van der Waals surface area contributed by atoms with Crippen LogP contribution in [0.25, 0.3) is 5.78 Å². The number of halogens is 1. The van der Waals surface area contributed by atoms with E-state index in [2.05, 4.69) is 25.4 Å². The molecule has 3 heterocycles. The average Bonchev–Trinajstić information content (AvgIpc) is 2.97. The normalized spacial score (nSPS) is 12.8. The number of aryl methyl sites for hydroxylation is 1. The van der Waals surface area contributed by atoms with Crippen LogP contribution in [0.4, 0.5) is 5.82 Å². The lowest BCUT2D eigenvalue weighted by Crippen LogP contribution is -2.10. The van der Waals surface area contributed by atoms with E-state index in [1.165, 1.54) is 11.2 Å². The van der Waals surface area contributed by atoms with Gasteiger partial charge in [-0.2, -0.15) is 19.6 Å². The lowest BCUT2D eigenvalue weighted by Gasteiger charge is -2.13. The van der Waals surface area contributed by atoms with Gasteiger partial charge in [-0.15, -0.1) is 11.3 Å². The molecule has 1 atom stereocenters. The van der Waals surface area contributed by atoms with Crippen LogP contribution in [-0.4, -0.2) is 24.6 Å². The number of nitrogens with one attached hydrogen (secondary N) is 1. The molecule has 3 aromatic heterocycles. The molecule has 0 saturated heterocycles. The summed E-state index contributed by atoms with van der Waals surface area (Å²) in [6.07, 6.45) is 3.31. The maximum absolute atomic E-state index is 5.97. The first-order valence-corrected chi connectivity index (χ1v) is 6.88. The molecule has 0 aliphatic heterocycles. The van der Waals surface area contributed by atoms with Crippen LogP contribution in [0.5, 0.6) is 0 Å². The van der Waals surface area contributed by atoms with Crippen molar-refractivity contribution in [2.75, 3.05) is 5.32 Å². The zero-order chi connectivity index (χ0) is 13.4. The maximum atomic E-state index is 5.97. The fourth-order valence-electron chi connectivity index (χ4n) is 1.74. The van der Waals surface area contributed by atoms with Crippen LogP contribution >= 0.6 is 22.9 Å². The van der Waals surface area contributed by atoms with E-state index in [0.29, 0.717) is 10.9 Å². The number of anilines is 1. The molecule has 3 rings (SSSR count). The van der Waals surface area contributed by atoms with E-state index < -0.39 is 0 Å². The highest BCUT2D eigenvalue weighted by Crippen LogP contribution is 2.24. The Morgan fingerprint density at radius 3 is 3.00 bits per heavy atom. The Kier molecular flexibility index (Phi) is 3.08. The predicted molar refractivity (Wildman–Crippen MR) is 74.7 cm³/mol. The van der Waals surface area contributed by atoms with Crippen molar-refractivity contribution < 1.29 is 0 Å².